The molecule has 1 unspecified atom stereocenters. The first-order valence-electron chi connectivity index (χ1n) is 12.4. The topological polar surface area (TPSA) is 47.1 Å². The van der Waals surface area contributed by atoms with E-state index in [4.69, 9.17) is 5.73 Å². The summed E-state index contributed by atoms with van der Waals surface area (Å²) >= 11 is 0. The van der Waals surface area contributed by atoms with Crippen LogP contribution < -0.4 is 10.6 Å². The van der Waals surface area contributed by atoms with Gasteiger partial charge in [-0.25, -0.2) is 4.75 Å². The summed E-state index contributed by atoms with van der Waals surface area (Å²) in [4.78, 5) is 2.37. The summed E-state index contributed by atoms with van der Waals surface area (Å²) in [5.41, 5.74) is 17.9. The zero-order valence-electron chi connectivity index (χ0n) is 20.2. The Kier molecular flexibility index (Phi) is 5.20. The first-order chi connectivity index (χ1) is 18.3. The largest absolute Gasteiger partial charge is 0.396 e. The molecule has 1 atom stereocenters. The van der Waals surface area contributed by atoms with Crippen molar-refractivity contribution >= 4 is 48.0 Å². The monoisotopic (exact) mass is 496 g/mol. The van der Waals surface area contributed by atoms with Crippen molar-refractivity contribution in [3.8, 4) is 16.9 Å². The van der Waals surface area contributed by atoms with Crippen LogP contribution in [0, 0.1) is 0 Å². The lowest BCUT2D eigenvalue weighted by atomic mass is 10.1. The van der Waals surface area contributed by atoms with Crippen molar-refractivity contribution in [2.24, 2.45) is 0 Å². The molecule has 0 saturated carbocycles. The Morgan fingerprint density at radius 3 is 2.32 bits per heavy atom. The molecule has 0 radical (unpaired) electrons. The van der Waals surface area contributed by atoms with Crippen LogP contribution in [0.1, 0.15) is 11.3 Å². The summed E-state index contributed by atoms with van der Waals surface area (Å²) in [6.45, 7) is 0.788. The Bertz CT molecular complexity index is 1750. The highest BCUT2D eigenvalue weighted by Gasteiger charge is 2.25. The average Bonchev–Trinajstić information content (AvgIpc) is 3.68. The molecule has 1 aliphatic rings. The summed E-state index contributed by atoms with van der Waals surface area (Å²) in [7, 11) is 0.522. The van der Waals surface area contributed by atoms with E-state index < -0.39 is 0 Å². The molecule has 7 rings (SSSR count). The van der Waals surface area contributed by atoms with Crippen molar-refractivity contribution in [2.75, 3.05) is 17.2 Å². The molecule has 5 heteroatoms. The third-order valence-electron chi connectivity index (χ3n) is 7.12. The Labute approximate surface area is 217 Å². The van der Waals surface area contributed by atoms with E-state index >= 15 is 0 Å². The average molecular weight is 497 g/mol. The van der Waals surface area contributed by atoms with Gasteiger partial charge in [0, 0.05) is 40.1 Å². The molecule has 0 bridgehead atoms. The van der Waals surface area contributed by atoms with Gasteiger partial charge in [-0.15, -0.1) is 0 Å². The molecular weight excluding hydrogens is 471 g/mol. The van der Waals surface area contributed by atoms with Crippen LogP contribution in [0.3, 0.4) is 0 Å². The lowest BCUT2D eigenvalue weighted by molar-refractivity contribution is 1.11. The molecule has 4 nitrogen and oxygen atoms in total. The molecule has 0 amide bonds. The zero-order chi connectivity index (χ0) is 24.8. The molecule has 2 N–H and O–H groups in total. The van der Waals surface area contributed by atoms with Gasteiger partial charge in [0.1, 0.15) is 0 Å². The van der Waals surface area contributed by atoms with Crippen molar-refractivity contribution in [3.63, 3.8) is 0 Å². The Morgan fingerprint density at radius 2 is 1.51 bits per heavy atom. The van der Waals surface area contributed by atoms with Gasteiger partial charge in [-0.05, 0) is 68.3 Å². The van der Waals surface area contributed by atoms with Gasteiger partial charge in [0.05, 0.1) is 22.6 Å². The second-order valence-electron chi connectivity index (χ2n) is 9.27. The first-order valence-corrected chi connectivity index (χ1v) is 13.4. The number of nitrogens with zero attached hydrogens (tertiary/aromatic N) is 3. The first kappa shape index (κ1) is 21.7. The van der Waals surface area contributed by atoms with Crippen LogP contribution in [0.4, 0.5) is 17.1 Å². The van der Waals surface area contributed by atoms with E-state index in [1.165, 1.54) is 22.5 Å². The number of nitrogens with two attached hydrogens (primary N) is 1. The number of hydrogen-bond acceptors (Lipinski definition) is 3. The fraction of sp³-hybridized carbons (Fsp3) is 0.0312. The van der Waals surface area contributed by atoms with Crippen LogP contribution >= 0.6 is 8.35 Å². The highest BCUT2D eigenvalue weighted by molar-refractivity contribution is 7.24. The summed E-state index contributed by atoms with van der Waals surface area (Å²) in [6.07, 6.45) is 2.27. The van der Waals surface area contributed by atoms with Gasteiger partial charge in [0.2, 0.25) is 0 Å². The van der Waals surface area contributed by atoms with Crippen molar-refractivity contribution in [1.29, 1.82) is 0 Å². The maximum absolute atomic E-state index is 6.84. The zero-order valence-corrected chi connectivity index (χ0v) is 21.2. The predicted octanol–water partition coefficient (Wildman–Crippen LogP) is 8.00. The van der Waals surface area contributed by atoms with E-state index in [0.29, 0.717) is 8.35 Å². The third kappa shape index (κ3) is 3.66. The minimum atomic E-state index is 0.522. The molecule has 178 valence electrons. The number of benzene rings is 4. The minimum absolute atomic E-state index is 0.522. The smallest absolute Gasteiger partial charge is 0.0743 e. The van der Waals surface area contributed by atoms with Gasteiger partial charge in [0.15, 0.2) is 0 Å². The maximum atomic E-state index is 6.84. The Morgan fingerprint density at radius 1 is 0.757 bits per heavy atom. The normalized spacial score (nSPS) is 14.2. The second kappa shape index (κ2) is 8.85. The van der Waals surface area contributed by atoms with Crippen LogP contribution in [0.15, 0.2) is 115 Å². The Hall–Kier alpha value is -4.53. The van der Waals surface area contributed by atoms with Crippen molar-refractivity contribution < 1.29 is 0 Å². The summed E-state index contributed by atoms with van der Waals surface area (Å²) in [6, 6.07) is 38.3. The van der Waals surface area contributed by atoms with Crippen molar-refractivity contribution in [3.05, 3.63) is 126 Å². The lowest BCUT2D eigenvalue weighted by Gasteiger charge is -2.19. The van der Waals surface area contributed by atoms with Crippen molar-refractivity contribution in [1.82, 2.24) is 9.31 Å². The minimum Gasteiger partial charge on any atom is -0.396 e. The van der Waals surface area contributed by atoms with E-state index in [-0.39, 0.29) is 0 Å². The summed E-state index contributed by atoms with van der Waals surface area (Å²) < 4.78 is 6.88. The molecule has 0 fully saturated rings. The quantitative estimate of drug-likeness (QED) is 0.269. The van der Waals surface area contributed by atoms with Crippen LogP contribution in [-0.2, 0) is 0 Å². The third-order valence-corrected chi connectivity index (χ3v) is 7.81. The van der Waals surface area contributed by atoms with Gasteiger partial charge in [0.25, 0.3) is 0 Å². The molecule has 0 aliphatic carbocycles. The maximum Gasteiger partial charge on any atom is 0.0743 e. The SMILES string of the molecule is Nc1c(/C=C2\CN(c3ccccc3)c3ccccc32)n(-c2ccc(-c3cc[pH]n3)cc2)c2ccccc12. The van der Waals surface area contributed by atoms with E-state index in [1.54, 1.807) is 0 Å². The number of aromatic nitrogens is 2. The Balaban J connectivity index is 1.39. The highest BCUT2D eigenvalue weighted by Crippen LogP contribution is 2.42. The summed E-state index contributed by atoms with van der Waals surface area (Å²) in [5.74, 6) is 2.12. The number of fused-ring (bicyclic) bond motifs is 2. The molecule has 0 saturated heterocycles. The number of para-hydroxylation sites is 3. The lowest BCUT2D eigenvalue weighted by Crippen LogP contribution is -2.12. The van der Waals surface area contributed by atoms with Crippen molar-refractivity contribution in [2.45, 2.75) is 0 Å². The van der Waals surface area contributed by atoms with Crippen LogP contribution in [0.25, 0.3) is 39.5 Å². The van der Waals surface area contributed by atoms with Gasteiger partial charge in [-0.1, -0.05) is 66.7 Å². The number of hydrogen-bond donors (Lipinski definition) is 1. The fourth-order valence-electron chi connectivity index (χ4n) is 5.36. The molecular formula is C32H25N4P. The number of rotatable bonds is 4. The van der Waals surface area contributed by atoms with E-state index in [0.717, 1.165) is 45.8 Å². The molecule has 0 spiro atoms. The standard InChI is InChI=1S/C32H25N4P/c33-32-27-11-5-7-13-30(27)36(25-16-14-22(15-17-25)28-18-19-37-34-28)31(32)20-23-21-35(24-8-2-1-3-9-24)29-12-6-4-10-26(23)29/h1-20,37H,21,33H2/b23-20+. The molecule has 6 aromatic rings. The van der Waals surface area contributed by atoms with Crippen LogP contribution in [0.2, 0.25) is 0 Å². The highest BCUT2D eigenvalue weighted by atomic mass is 31.0. The van der Waals surface area contributed by atoms with Gasteiger partial charge in [-0.3, -0.25) is 0 Å². The molecule has 1 aliphatic heterocycles. The predicted molar refractivity (Wildman–Crippen MR) is 158 cm³/mol. The van der Waals surface area contributed by atoms with Crippen LogP contribution in [-0.4, -0.2) is 15.9 Å². The van der Waals surface area contributed by atoms with Gasteiger partial charge in [-0.2, -0.15) is 0 Å². The second-order valence-corrected chi connectivity index (χ2v) is 10.1. The van der Waals surface area contributed by atoms with Gasteiger partial charge < -0.3 is 15.2 Å². The number of anilines is 3. The van der Waals surface area contributed by atoms with E-state index in [9.17, 15) is 0 Å². The number of nitrogen functional groups attached to an aromatic ring is 1. The molecule has 4 aromatic carbocycles. The molecule has 37 heavy (non-hydrogen) atoms. The summed E-state index contributed by atoms with van der Waals surface area (Å²) in [5, 5.41) is 1.06. The molecule has 2 aromatic heterocycles. The van der Waals surface area contributed by atoms with E-state index in [2.05, 4.69) is 135 Å². The fourth-order valence-corrected chi connectivity index (χ4v) is 6.01. The van der Waals surface area contributed by atoms with E-state index in [1.807, 2.05) is 0 Å². The van der Waals surface area contributed by atoms with Gasteiger partial charge >= 0.3 is 0 Å². The molecule has 3 heterocycles. The van der Waals surface area contributed by atoms with Crippen LogP contribution in [0.5, 0.6) is 0 Å².